The molecule has 0 aliphatic heterocycles. The predicted octanol–water partition coefficient (Wildman–Crippen LogP) is 3.29. The summed E-state index contributed by atoms with van der Waals surface area (Å²) in [5, 5.41) is 0. The molecule has 2 aromatic carbocycles. The molecule has 2 aromatic rings. The van der Waals surface area contributed by atoms with Crippen molar-refractivity contribution in [2.45, 2.75) is 6.04 Å². The van der Waals surface area contributed by atoms with E-state index in [1.807, 2.05) is 0 Å². The van der Waals surface area contributed by atoms with Crippen LogP contribution in [0.1, 0.15) is 17.2 Å². The van der Waals surface area contributed by atoms with Gasteiger partial charge in [-0.15, -0.1) is 0 Å². The highest BCUT2D eigenvalue weighted by Gasteiger charge is 2.19. The topological polar surface area (TPSA) is 47.3 Å². The van der Waals surface area contributed by atoms with Crippen molar-refractivity contribution in [2.75, 3.05) is 7.11 Å². The first-order chi connectivity index (χ1) is 9.58. The summed E-state index contributed by atoms with van der Waals surface area (Å²) in [4.78, 5) is 0. The zero-order chi connectivity index (χ0) is 14.7. The lowest BCUT2D eigenvalue weighted by Crippen LogP contribution is -2.29. The molecule has 0 heterocycles. The number of benzene rings is 2. The molecule has 0 saturated heterocycles. The van der Waals surface area contributed by atoms with Crippen molar-refractivity contribution in [1.82, 2.24) is 5.43 Å². The number of hydrazine groups is 1. The second kappa shape index (κ2) is 6.30. The first-order valence-electron chi connectivity index (χ1n) is 5.82. The van der Waals surface area contributed by atoms with E-state index in [2.05, 4.69) is 21.4 Å². The first kappa shape index (κ1) is 14.9. The SMILES string of the molecule is COc1ccc(C(NN)c2cccc(F)c2F)cc1Br. The predicted molar refractivity (Wildman–Crippen MR) is 76.2 cm³/mol. The summed E-state index contributed by atoms with van der Waals surface area (Å²) in [7, 11) is 1.55. The van der Waals surface area contributed by atoms with E-state index in [1.165, 1.54) is 12.1 Å². The van der Waals surface area contributed by atoms with Crippen LogP contribution in [0.3, 0.4) is 0 Å². The van der Waals surface area contributed by atoms with Gasteiger partial charge in [-0.2, -0.15) is 0 Å². The normalized spacial score (nSPS) is 12.2. The molecule has 0 bridgehead atoms. The molecule has 0 amide bonds. The molecule has 0 aliphatic rings. The van der Waals surface area contributed by atoms with Crippen LogP contribution in [0.5, 0.6) is 5.75 Å². The third-order valence-electron chi connectivity index (χ3n) is 2.97. The van der Waals surface area contributed by atoms with Crippen LogP contribution in [0, 0.1) is 11.6 Å². The van der Waals surface area contributed by atoms with Crippen molar-refractivity contribution in [3.8, 4) is 5.75 Å². The second-order valence-corrected chi connectivity index (χ2v) is 4.99. The molecule has 0 radical (unpaired) electrons. The number of halogens is 3. The van der Waals surface area contributed by atoms with Crippen molar-refractivity contribution >= 4 is 15.9 Å². The molecule has 0 aliphatic carbocycles. The highest BCUT2D eigenvalue weighted by Crippen LogP contribution is 2.31. The van der Waals surface area contributed by atoms with Crippen LogP contribution in [0.4, 0.5) is 8.78 Å². The molecule has 3 nitrogen and oxygen atoms in total. The quantitative estimate of drug-likeness (QED) is 0.662. The number of hydrogen-bond donors (Lipinski definition) is 2. The Hall–Kier alpha value is -1.50. The minimum absolute atomic E-state index is 0.143. The molecule has 3 N–H and O–H groups in total. The van der Waals surface area contributed by atoms with Crippen molar-refractivity contribution in [1.29, 1.82) is 0 Å². The van der Waals surface area contributed by atoms with Gasteiger partial charge in [-0.25, -0.2) is 14.2 Å². The van der Waals surface area contributed by atoms with Gasteiger partial charge in [0, 0.05) is 5.56 Å². The summed E-state index contributed by atoms with van der Waals surface area (Å²) >= 11 is 3.35. The Morgan fingerprint density at radius 1 is 1.25 bits per heavy atom. The van der Waals surface area contributed by atoms with E-state index < -0.39 is 17.7 Å². The Morgan fingerprint density at radius 3 is 2.60 bits per heavy atom. The minimum Gasteiger partial charge on any atom is -0.496 e. The fourth-order valence-electron chi connectivity index (χ4n) is 1.97. The third kappa shape index (κ3) is 2.82. The highest BCUT2D eigenvalue weighted by molar-refractivity contribution is 9.10. The Labute approximate surface area is 123 Å². The number of nitrogens with two attached hydrogens (primary N) is 1. The summed E-state index contributed by atoms with van der Waals surface area (Å²) in [5.74, 6) is 4.31. The lowest BCUT2D eigenvalue weighted by Gasteiger charge is -2.18. The number of ether oxygens (including phenoxy) is 1. The molecule has 6 heteroatoms. The largest absolute Gasteiger partial charge is 0.496 e. The molecule has 1 unspecified atom stereocenters. The zero-order valence-corrected chi connectivity index (χ0v) is 12.2. The van der Waals surface area contributed by atoms with E-state index in [0.29, 0.717) is 15.8 Å². The van der Waals surface area contributed by atoms with Gasteiger partial charge in [0.05, 0.1) is 17.6 Å². The fraction of sp³-hybridized carbons (Fsp3) is 0.143. The molecular formula is C14H13BrF2N2O. The number of rotatable bonds is 4. The van der Waals surface area contributed by atoms with Crippen LogP contribution in [0.15, 0.2) is 40.9 Å². The zero-order valence-electron chi connectivity index (χ0n) is 10.7. The Kier molecular flexibility index (Phi) is 4.69. The molecular weight excluding hydrogens is 330 g/mol. The third-order valence-corrected chi connectivity index (χ3v) is 3.59. The molecule has 1 atom stereocenters. The van der Waals surface area contributed by atoms with Crippen molar-refractivity contribution < 1.29 is 13.5 Å². The van der Waals surface area contributed by atoms with E-state index in [9.17, 15) is 8.78 Å². The van der Waals surface area contributed by atoms with Gasteiger partial charge >= 0.3 is 0 Å². The average molecular weight is 343 g/mol. The number of hydrogen-bond acceptors (Lipinski definition) is 3. The lowest BCUT2D eigenvalue weighted by atomic mass is 9.98. The van der Waals surface area contributed by atoms with E-state index in [4.69, 9.17) is 10.6 Å². The van der Waals surface area contributed by atoms with Gasteiger partial charge in [0.25, 0.3) is 0 Å². The van der Waals surface area contributed by atoms with Crippen LogP contribution >= 0.6 is 15.9 Å². The van der Waals surface area contributed by atoms with Crippen molar-refractivity contribution in [3.63, 3.8) is 0 Å². The maximum atomic E-state index is 13.9. The lowest BCUT2D eigenvalue weighted by molar-refractivity contribution is 0.411. The Bertz CT molecular complexity index is 622. The summed E-state index contributed by atoms with van der Waals surface area (Å²) in [6.45, 7) is 0. The molecule has 0 saturated carbocycles. The second-order valence-electron chi connectivity index (χ2n) is 4.14. The molecule has 0 spiro atoms. The van der Waals surface area contributed by atoms with E-state index >= 15 is 0 Å². The summed E-state index contributed by atoms with van der Waals surface area (Å²) in [5.41, 5.74) is 3.33. The number of methoxy groups -OCH3 is 1. The summed E-state index contributed by atoms with van der Waals surface area (Å²) in [6, 6.07) is 8.54. The molecule has 2 rings (SSSR count). The smallest absolute Gasteiger partial charge is 0.163 e. The molecule has 0 fully saturated rings. The van der Waals surface area contributed by atoms with Gasteiger partial charge in [-0.1, -0.05) is 18.2 Å². The van der Waals surface area contributed by atoms with Crippen molar-refractivity contribution in [2.24, 2.45) is 5.84 Å². The van der Waals surface area contributed by atoms with Gasteiger partial charge in [-0.05, 0) is 39.7 Å². The summed E-state index contributed by atoms with van der Waals surface area (Å²) < 4.78 is 33.0. The van der Waals surface area contributed by atoms with Crippen LogP contribution in [0.2, 0.25) is 0 Å². The van der Waals surface area contributed by atoms with E-state index in [0.717, 1.165) is 6.07 Å². The van der Waals surface area contributed by atoms with Gasteiger partial charge < -0.3 is 4.74 Å². The Morgan fingerprint density at radius 2 is 2.00 bits per heavy atom. The first-order valence-corrected chi connectivity index (χ1v) is 6.61. The molecule has 106 valence electrons. The summed E-state index contributed by atoms with van der Waals surface area (Å²) in [6.07, 6.45) is 0. The fourth-order valence-corrected chi connectivity index (χ4v) is 2.53. The van der Waals surface area contributed by atoms with Crippen LogP contribution in [-0.4, -0.2) is 7.11 Å². The van der Waals surface area contributed by atoms with Gasteiger partial charge in [0.2, 0.25) is 0 Å². The molecule has 20 heavy (non-hydrogen) atoms. The van der Waals surface area contributed by atoms with Gasteiger partial charge in [-0.3, -0.25) is 5.84 Å². The average Bonchev–Trinajstić information content (AvgIpc) is 2.44. The number of nitrogens with one attached hydrogen (secondary N) is 1. The van der Waals surface area contributed by atoms with Crippen LogP contribution < -0.4 is 16.0 Å². The highest BCUT2D eigenvalue weighted by atomic mass is 79.9. The van der Waals surface area contributed by atoms with Crippen LogP contribution in [-0.2, 0) is 0 Å². The van der Waals surface area contributed by atoms with Gasteiger partial charge in [0.15, 0.2) is 11.6 Å². The standard InChI is InChI=1S/C14H13BrF2N2O/c1-20-12-6-5-8(7-10(12)15)14(19-18)9-3-2-4-11(16)13(9)17/h2-7,14,19H,18H2,1H3. The van der Waals surface area contributed by atoms with Gasteiger partial charge in [0.1, 0.15) is 5.75 Å². The minimum atomic E-state index is -0.914. The maximum absolute atomic E-state index is 13.9. The van der Waals surface area contributed by atoms with Crippen molar-refractivity contribution in [3.05, 3.63) is 63.6 Å². The van der Waals surface area contributed by atoms with E-state index in [-0.39, 0.29) is 5.56 Å². The Balaban J connectivity index is 2.47. The van der Waals surface area contributed by atoms with E-state index in [1.54, 1.807) is 25.3 Å². The maximum Gasteiger partial charge on any atom is 0.163 e. The molecule has 0 aromatic heterocycles. The monoisotopic (exact) mass is 342 g/mol. The van der Waals surface area contributed by atoms with Crippen LogP contribution in [0.25, 0.3) is 0 Å².